The lowest BCUT2D eigenvalue weighted by Gasteiger charge is -2.42. The fourth-order valence-corrected chi connectivity index (χ4v) is 7.12. The van der Waals surface area contributed by atoms with Crippen LogP contribution in [0.1, 0.15) is 30.0 Å². The van der Waals surface area contributed by atoms with E-state index in [4.69, 9.17) is 27.3 Å². The second-order valence-corrected chi connectivity index (χ2v) is 11.2. The Bertz CT molecular complexity index is 1870. The summed E-state index contributed by atoms with van der Waals surface area (Å²) in [6.45, 7) is 1.81. The third-order valence-corrected chi connectivity index (χ3v) is 9.22. The molecule has 1 fully saturated rings. The van der Waals surface area contributed by atoms with E-state index in [0.717, 1.165) is 77.0 Å². The van der Waals surface area contributed by atoms with E-state index in [-0.39, 0.29) is 11.5 Å². The molecule has 2 aliphatic rings. The van der Waals surface area contributed by atoms with Crippen LogP contribution >= 0.6 is 11.6 Å². The van der Waals surface area contributed by atoms with E-state index in [1.54, 1.807) is 4.68 Å². The molecule has 38 heavy (non-hydrogen) atoms. The van der Waals surface area contributed by atoms with Gasteiger partial charge < -0.3 is 15.6 Å². The molecule has 4 aromatic heterocycles. The van der Waals surface area contributed by atoms with Crippen LogP contribution in [0, 0.1) is 5.41 Å². The molecular formula is C29H27ClN8. The van der Waals surface area contributed by atoms with Crippen molar-refractivity contribution in [1.29, 1.82) is 0 Å². The normalized spacial score (nSPS) is 18.8. The first kappa shape index (κ1) is 22.1. The van der Waals surface area contributed by atoms with Gasteiger partial charge >= 0.3 is 0 Å². The largest absolute Gasteiger partial charge is 0.345 e. The van der Waals surface area contributed by atoms with E-state index in [9.17, 15) is 0 Å². The van der Waals surface area contributed by atoms with Crippen molar-refractivity contribution in [3.63, 3.8) is 0 Å². The number of H-pyrrole nitrogens is 1. The highest BCUT2D eigenvalue weighted by molar-refractivity contribution is 6.38. The zero-order valence-corrected chi connectivity index (χ0v) is 21.8. The van der Waals surface area contributed by atoms with E-state index < -0.39 is 0 Å². The lowest BCUT2D eigenvalue weighted by molar-refractivity contribution is 0.187. The predicted molar refractivity (Wildman–Crippen MR) is 151 cm³/mol. The van der Waals surface area contributed by atoms with Crippen molar-refractivity contribution in [2.45, 2.75) is 25.3 Å². The lowest BCUT2D eigenvalue weighted by atomic mass is 9.73. The van der Waals surface area contributed by atoms with Gasteiger partial charge in [-0.05, 0) is 41.9 Å². The van der Waals surface area contributed by atoms with Crippen LogP contribution in [-0.4, -0.2) is 42.2 Å². The second kappa shape index (κ2) is 7.82. The van der Waals surface area contributed by atoms with Crippen LogP contribution in [0.15, 0.2) is 61.2 Å². The van der Waals surface area contributed by atoms with Crippen LogP contribution in [-0.2, 0) is 13.5 Å². The summed E-state index contributed by atoms with van der Waals surface area (Å²) in [6.07, 6.45) is 10.9. The van der Waals surface area contributed by atoms with Crippen molar-refractivity contribution < 1.29 is 0 Å². The number of aromatic nitrogens is 6. The summed E-state index contributed by atoms with van der Waals surface area (Å²) >= 11 is 6.90. The van der Waals surface area contributed by atoms with Gasteiger partial charge in [0.1, 0.15) is 5.65 Å². The molecule has 0 radical (unpaired) electrons. The first-order chi connectivity index (χ1) is 18.5. The van der Waals surface area contributed by atoms with Crippen molar-refractivity contribution in [3.8, 4) is 11.1 Å². The number of piperidine rings is 1. The molecule has 0 unspecified atom stereocenters. The number of nitrogens with two attached hydrogens (primary N) is 1. The van der Waals surface area contributed by atoms with Gasteiger partial charge in [-0.15, -0.1) is 0 Å². The Kier molecular flexibility index (Phi) is 4.55. The van der Waals surface area contributed by atoms with Crippen molar-refractivity contribution in [2.75, 3.05) is 18.0 Å². The molecule has 0 amide bonds. The zero-order valence-electron chi connectivity index (χ0n) is 21.0. The first-order valence-electron chi connectivity index (χ1n) is 13.1. The maximum absolute atomic E-state index is 6.90. The molecule has 5 heterocycles. The maximum Gasteiger partial charge on any atom is 0.213 e. The quantitative estimate of drug-likeness (QED) is 0.323. The minimum Gasteiger partial charge on any atom is -0.345 e. The molecule has 3 N–H and O–H groups in total. The minimum absolute atomic E-state index is 0.0948. The molecule has 190 valence electrons. The molecule has 6 aromatic rings. The number of anilines is 1. The van der Waals surface area contributed by atoms with Crippen LogP contribution in [0.5, 0.6) is 0 Å². The zero-order chi connectivity index (χ0) is 25.6. The molecule has 1 saturated heterocycles. The predicted octanol–water partition coefficient (Wildman–Crippen LogP) is 5.26. The highest BCUT2D eigenvalue weighted by atomic mass is 35.5. The molecule has 1 atom stereocenters. The monoisotopic (exact) mass is 522 g/mol. The van der Waals surface area contributed by atoms with E-state index in [2.05, 4.69) is 43.6 Å². The molecule has 0 bridgehead atoms. The Morgan fingerprint density at radius 3 is 2.79 bits per heavy atom. The van der Waals surface area contributed by atoms with Crippen molar-refractivity contribution in [1.82, 2.24) is 29.1 Å². The highest BCUT2D eigenvalue weighted by Gasteiger charge is 2.46. The number of hydrogen-bond donors (Lipinski definition) is 2. The van der Waals surface area contributed by atoms with E-state index in [1.165, 1.54) is 11.1 Å². The van der Waals surface area contributed by atoms with Crippen LogP contribution in [0.4, 0.5) is 5.95 Å². The summed E-state index contributed by atoms with van der Waals surface area (Å²) in [6, 6.07) is 12.8. The van der Waals surface area contributed by atoms with Gasteiger partial charge in [0.25, 0.3) is 0 Å². The van der Waals surface area contributed by atoms with Gasteiger partial charge in [-0.2, -0.15) is 10.1 Å². The fourth-order valence-electron chi connectivity index (χ4n) is 6.81. The average Bonchev–Trinajstić information content (AvgIpc) is 3.70. The van der Waals surface area contributed by atoms with Gasteiger partial charge in [0, 0.05) is 67.5 Å². The number of halogens is 1. The number of benzene rings is 2. The van der Waals surface area contributed by atoms with Gasteiger partial charge in [-0.3, -0.25) is 9.08 Å². The number of imidazole rings is 1. The molecule has 8 rings (SSSR count). The molecule has 0 saturated carbocycles. The number of nitrogens with zero attached hydrogens (tertiary/aromatic N) is 6. The standard InChI is InChI=1S/C29H27ClN8/c1-36-16-21-22(35-36)7-6-19(24(21)30)20-15-33-26-23(20)27-32-10-13-38(27)28(34-26)37-11-8-29(9-12-37)14-17-4-2-3-5-18(17)25(29)31/h2-7,10,13,15-16,25,33H,8-9,11-12,14,31H2,1H3/t25-/m1/s1. The Balaban J connectivity index is 1.18. The van der Waals surface area contributed by atoms with Gasteiger partial charge in [-0.1, -0.05) is 41.9 Å². The van der Waals surface area contributed by atoms with Crippen LogP contribution in [0.25, 0.3) is 38.7 Å². The summed E-state index contributed by atoms with van der Waals surface area (Å²) in [5, 5.41) is 7.06. The van der Waals surface area contributed by atoms with Gasteiger partial charge in [0.2, 0.25) is 5.95 Å². The van der Waals surface area contributed by atoms with Gasteiger partial charge in [0.05, 0.1) is 15.9 Å². The molecular weight excluding hydrogens is 496 g/mol. The molecule has 1 aliphatic heterocycles. The van der Waals surface area contributed by atoms with E-state index in [1.807, 2.05) is 44.0 Å². The van der Waals surface area contributed by atoms with Crippen molar-refractivity contribution in [2.24, 2.45) is 18.2 Å². The summed E-state index contributed by atoms with van der Waals surface area (Å²) in [7, 11) is 1.91. The third kappa shape index (κ3) is 2.98. The number of rotatable bonds is 2. The molecule has 1 spiro atoms. The summed E-state index contributed by atoms with van der Waals surface area (Å²) in [5.41, 5.74) is 14.2. The number of fused-ring (bicyclic) bond motifs is 5. The Morgan fingerprint density at radius 2 is 1.95 bits per heavy atom. The Labute approximate surface area is 224 Å². The summed E-state index contributed by atoms with van der Waals surface area (Å²) in [4.78, 5) is 15.7. The van der Waals surface area contributed by atoms with Crippen molar-refractivity contribution in [3.05, 3.63) is 77.3 Å². The van der Waals surface area contributed by atoms with Crippen LogP contribution in [0.2, 0.25) is 5.02 Å². The van der Waals surface area contributed by atoms with Gasteiger partial charge in [-0.25, -0.2) is 4.98 Å². The fraction of sp³-hybridized carbons (Fsp3) is 0.276. The number of nitrogens with one attached hydrogen (secondary N) is 1. The molecule has 8 nitrogen and oxygen atoms in total. The number of aromatic amines is 1. The minimum atomic E-state index is 0.0948. The third-order valence-electron chi connectivity index (χ3n) is 8.81. The van der Waals surface area contributed by atoms with Crippen molar-refractivity contribution >= 4 is 45.1 Å². The lowest BCUT2D eigenvalue weighted by Crippen LogP contribution is -2.45. The average molecular weight is 523 g/mol. The molecule has 1 aliphatic carbocycles. The molecule has 2 aromatic carbocycles. The van der Waals surface area contributed by atoms with Gasteiger partial charge in [0.15, 0.2) is 5.65 Å². The second-order valence-electron chi connectivity index (χ2n) is 10.8. The Morgan fingerprint density at radius 1 is 1.11 bits per heavy atom. The van der Waals surface area contributed by atoms with E-state index in [0.29, 0.717) is 5.02 Å². The smallest absolute Gasteiger partial charge is 0.213 e. The highest BCUT2D eigenvalue weighted by Crippen LogP contribution is 2.51. The number of hydrogen-bond acceptors (Lipinski definition) is 5. The summed E-state index contributed by atoms with van der Waals surface area (Å²) in [5.74, 6) is 0.908. The topological polar surface area (TPSA) is 93.1 Å². The Hall–Kier alpha value is -3.88. The molecule has 9 heteroatoms. The SMILES string of the molecule is Cn1cc2c(Cl)c(-c3c[nH]c4nc(N5CCC6(CC5)Cc5ccccc5[C@H]6N)n5ccnc5c34)ccc2n1. The van der Waals surface area contributed by atoms with Crippen LogP contribution in [0.3, 0.4) is 0 Å². The summed E-state index contributed by atoms with van der Waals surface area (Å²) < 4.78 is 3.90. The first-order valence-corrected chi connectivity index (χ1v) is 13.4. The maximum atomic E-state index is 6.90. The van der Waals surface area contributed by atoms with Crippen LogP contribution < -0.4 is 10.6 Å². The number of aryl methyl sites for hydroxylation is 1. The van der Waals surface area contributed by atoms with E-state index >= 15 is 0 Å².